The number of esters is 1. The molecular formula is C17H19NO5. The maximum absolute atomic E-state index is 11.8. The molecule has 6 heteroatoms. The lowest BCUT2D eigenvalue weighted by Gasteiger charge is -2.08. The number of ketones is 1. The highest BCUT2D eigenvalue weighted by atomic mass is 16.6. The first-order valence-electron chi connectivity index (χ1n) is 7.32. The Morgan fingerprint density at radius 1 is 1.04 bits per heavy atom. The van der Waals surface area contributed by atoms with E-state index in [1.165, 1.54) is 19.2 Å². The van der Waals surface area contributed by atoms with Crippen LogP contribution in [0.25, 0.3) is 0 Å². The minimum Gasteiger partial charge on any atom is -0.494 e. The smallest absolute Gasteiger partial charge is 0.354 e. The number of hydrogen-bond acceptors (Lipinski definition) is 5. The van der Waals surface area contributed by atoms with Gasteiger partial charge in [0.05, 0.1) is 6.61 Å². The topological polar surface area (TPSA) is 77.6 Å². The number of H-pyrrole nitrogens is 1. The molecule has 2 aromatic rings. The molecule has 1 aromatic carbocycles. The van der Waals surface area contributed by atoms with Gasteiger partial charge in [-0.05, 0) is 44.2 Å². The van der Waals surface area contributed by atoms with Gasteiger partial charge in [0.25, 0.3) is 0 Å². The molecular weight excluding hydrogens is 298 g/mol. The number of aromatic nitrogens is 1. The lowest BCUT2D eigenvalue weighted by molar-refractivity contribution is 0.0444. The van der Waals surface area contributed by atoms with E-state index in [1.54, 1.807) is 12.1 Å². The van der Waals surface area contributed by atoms with E-state index in [2.05, 4.69) is 4.98 Å². The summed E-state index contributed by atoms with van der Waals surface area (Å²) in [6.07, 6.45) is 1.48. The number of Topliss-reactive ketones (excluding diaryl/α,β-unsaturated/α-hetero) is 1. The summed E-state index contributed by atoms with van der Waals surface area (Å²) in [7, 11) is 0. The standard InChI is InChI=1S/C17H19NO5/c1-3-21-14-4-6-15(7-5-14)22-8-9-23-17(20)16-10-13(11-18-16)12(2)19/h4-7,10-11,18H,3,8-9H2,1-2H3. The summed E-state index contributed by atoms with van der Waals surface area (Å²) >= 11 is 0. The van der Waals surface area contributed by atoms with Crippen LogP contribution in [0.1, 0.15) is 34.7 Å². The molecule has 1 N–H and O–H groups in total. The number of carbonyl (C=O) groups is 2. The van der Waals surface area contributed by atoms with Crippen molar-refractivity contribution in [3.63, 3.8) is 0 Å². The van der Waals surface area contributed by atoms with Gasteiger partial charge < -0.3 is 19.2 Å². The van der Waals surface area contributed by atoms with E-state index in [9.17, 15) is 9.59 Å². The maximum atomic E-state index is 11.8. The van der Waals surface area contributed by atoms with Crippen LogP contribution in [0, 0.1) is 0 Å². The van der Waals surface area contributed by atoms with Crippen LogP contribution < -0.4 is 9.47 Å². The first kappa shape index (κ1) is 16.6. The third kappa shape index (κ3) is 4.88. The quantitative estimate of drug-likeness (QED) is 0.460. The first-order chi connectivity index (χ1) is 11.1. The molecule has 122 valence electrons. The number of nitrogens with one attached hydrogen (secondary N) is 1. The number of hydrogen-bond donors (Lipinski definition) is 1. The summed E-state index contributed by atoms with van der Waals surface area (Å²) in [5, 5.41) is 0. The highest BCUT2D eigenvalue weighted by Crippen LogP contribution is 2.17. The Morgan fingerprint density at radius 3 is 2.26 bits per heavy atom. The van der Waals surface area contributed by atoms with Crippen molar-refractivity contribution >= 4 is 11.8 Å². The largest absolute Gasteiger partial charge is 0.494 e. The van der Waals surface area contributed by atoms with Gasteiger partial charge in [-0.15, -0.1) is 0 Å². The van der Waals surface area contributed by atoms with Gasteiger partial charge in [-0.25, -0.2) is 4.79 Å². The van der Waals surface area contributed by atoms with Gasteiger partial charge in [0.15, 0.2) is 5.78 Å². The summed E-state index contributed by atoms with van der Waals surface area (Å²) < 4.78 is 15.9. The van der Waals surface area contributed by atoms with Crippen molar-refractivity contribution < 1.29 is 23.8 Å². The molecule has 0 amide bonds. The van der Waals surface area contributed by atoms with Crippen molar-refractivity contribution in [1.29, 1.82) is 0 Å². The molecule has 0 fully saturated rings. The maximum Gasteiger partial charge on any atom is 0.354 e. The summed E-state index contributed by atoms with van der Waals surface area (Å²) in [6.45, 7) is 4.31. The van der Waals surface area contributed by atoms with Crippen molar-refractivity contribution in [3.8, 4) is 11.5 Å². The van der Waals surface area contributed by atoms with Crippen LogP contribution in [-0.4, -0.2) is 36.6 Å². The summed E-state index contributed by atoms with van der Waals surface area (Å²) in [4.78, 5) is 25.6. The van der Waals surface area contributed by atoms with E-state index >= 15 is 0 Å². The first-order valence-corrected chi connectivity index (χ1v) is 7.32. The van der Waals surface area contributed by atoms with Gasteiger partial charge >= 0.3 is 5.97 Å². The summed E-state index contributed by atoms with van der Waals surface area (Å²) in [5.74, 6) is 0.814. The zero-order valence-corrected chi connectivity index (χ0v) is 13.1. The Labute approximate surface area is 134 Å². The van der Waals surface area contributed by atoms with Crippen LogP contribution in [0.3, 0.4) is 0 Å². The normalized spacial score (nSPS) is 10.2. The second-order valence-corrected chi connectivity index (χ2v) is 4.75. The molecule has 0 aliphatic rings. The monoisotopic (exact) mass is 317 g/mol. The molecule has 0 saturated heterocycles. The lowest BCUT2D eigenvalue weighted by Crippen LogP contribution is -2.12. The molecule has 1 aromatic heterocycles. The summed E-state index contributed by atoms with van der Waals surface area (Å²) in [6, 6.07) is 8.67. The fourth-order valence-electron chi connectivity index (χ4n) is 1.89. The molecule has 23 heavy (non-hydrogen) atoms. The molecule has 0 atom stereocenters. The number of benzene rings is 1. The van der Waals surface area contributed by atoms with Crippen molar-refractivity contribution in [2.24, 2.45) is 0 Å². The average Bonchev–Trinajstić information content (AvgIpc) is 3.03. The SMILES string of the molecule is CCOc1ccc(OCCOC(=O)c2cc(C(C)=O)c[nH]2)cc1. The van der Waals surface area contributed by atoms with Crippen molar-refractivity contribution in [2.75, 3.05) is 19.8 Å². The minimum atomic E-state index is -0.521. The van der Waals surface area contributed by atoms with Crippen molar-refractivity contribution in [1.82, 2.24) is 4.98 Å². The van der Waals surface area contributed by atoms with E-state index in [4.69, 9.17) is 14.2 Å². The highest BCUT2D eigenvalue weighted by Gasteiger charge is 2.11. The van der Waals surface area contributed by atoms with Crippen LogP contribution >= 0.6 is 0 Å². The van der Waals surface area contributed by atoms with Crippen LogP contribution in [0.2, 0.25) is 0 Å². The number of aromatic amines is 1. The Kier molecular flexibility index (Phi) is 5.80. The van der Waals surface area contributed by atoms with Crippen LogP contribution in [-0.2, 0) is 4.74 Å². The van der Waals surface area contributed by atoms with Crippen molar-refractivity contribution in [2.45, 2.75) is 13.8 Å². The molecule has 2 rings (SSSR count). The number of carbonyl (C=O) groups excluding carboxylic acids is 2. The van der Waals surface area contributed by atoms with Gasteiger partial charge in [0, 0.05) is 11.8 Å². The Balaban J connectivity index is 1.73. The predicted molar refractivity (Wildman–Crippen MR) is 84.2 cm³/mol. The van der Waals surface area contributed by atoms with E-state index in [1.807, 2.05) is 19.1 Å². The fraction of sp³-hybridized carbons (Fsp3) is 0.294. The minimum absolute atomic E-state index is 0.112. The fourth-order valence-corrected chi connectivity index (χ4v) is 1.89. The molecule has 0 unspecified atom stereocenters. The Bertz CT molecular complexity index is 660. The van der Waals surface area contributed by atoms with Gasteiger partial charge in [0.1, 0.15) is 30.4 Å². The third-order valence-corrected chi connectivity index (χ3v) is 3.03. The predicted octanol–water partition coefficient (Wildman–Crippen LogP) is 2.85. The van der Waals surface area contributed by atoms with E-state index in [0.717, 1.165) is 5.75 Å². The van der Waals surface area contributed by atoms with E-state index in [0.29, 0.717) is 17.9 Å². The molecule has 0 bridgehead atoms. The second kappa shape index (κ2) is 8.03. The molecule has 0 aliphatic heterocycles. The lowest BCUT2D eigenvalue weighted by atomic mass is 10.2. The highest BCUT2D eigenvalue weighted by molar-refractivity contribution is 5.97. The van der Waals surface area contributed by atoms with Crippen LogP contribution in [0.4, 0.5) is 0 Å². The zero-order chi connectivity index (χ0) is 16.7. The number of ether oxygens (including phenoxy) is 3. The van der Waals surface area contributed by atoms with E-state index in [-0.39, 0.29) is 24.7 Å². The average molecular weight is 317 g/mol. The molecule has 0 radical (unpaired) electrons. The van der Waals surface area contributed by atoms with Gasteiger partial charge in [-0.2, -0.15) is 0 Å². The molecule has 1 heterocycles. The molecule has 6 nitrogen and oxygen atoms in total. The molecule has 0 saturated carbocycles. The Hall–Kier alpha value is -2.76. The van der Waals surface area contributed by atoms with Gasteiger partial charge in [-0.1, -0.05) is 0 Å². The summed E-state index contributed by atoms with van der Waals surface area (Å²) in [5.41, 5.74) is 0.693. The third-order valence-electron chi connectivity index (χ3n) is 3.03. The zero-order valence-electron chi connectivity index (χ0n) is 13.1. The van der Waals surface area contributed by atoms with Crippen LogP contribution in [0.15, 0.2) is 36.5 Å². The van der Waals surface area contributed by atoms with Gasteiger partial charge in [-0.3, -0.25) is 4.79 Å². The molecule has 0 aliphatic carbocycles. The number of rotatable bonds is 8. The Morgan fingerprint density at radius 2 is 1.70 bits per heavy atom. The second-order valence-electron chi connectivity index (χ2n) is 4.75. The molecule has 0 spiro atoms. The van der Waals surface area contributed by atoms with Gasteiger partial charge in [0.2, 0.25) is 0 Å². The van der Waals surface area contributed by atoms with Crippen molar-refractivity contribution in [3.05, 3.63) is 47.8 Å². The van der Waals surface area contributed by atoms with E-state index < -0.39 is 5.97 Å². The van der Waals surface area contributed by atoms with Crippen LogP contribution in [0.5, 0.6) is 11.5 Å².